The molecule has 27 heavy (non-hydrogen) atoms. The van der Waals surface area contributed by atoms with Gasteiger partial charge in [0.25, 0.3) is 0 Å². The predicted octanol–water partition coefficient (Wildman–Crippen LogP) is 3.01. The summed E-state index contributed by atoms with van der Waals surface area (Å²) in [6.07, 6.45) is 3.19. The summed E-state index contributed by atoms with van der Waals surface area (Å²) in [7, 11) is 0. The SMILES string of the molecule is CC[C@H](C)[C@H]1C(=O)Nc2ccc(F)cc2CN1C(=O)NC1CCC(O)CC1. The van der Waals surface area contributed by atoms with Crippen LogP contribution in [-0.2, 0) is 11.3 Å². The number of rotatable bonds is 3. The normalized spacial score (nSPS) is 26.6. The molecule has 0 aromatic heterocycles. The van der Waals surface area contributed by atoms with Crippen molar-refractivity contribution in [3.8, 4) is 0 Å². The minimum atomic E-state index is -0.625. The summed E-state index contributed by atoms with van der Waals surface area (Å²) < 4.78 is 13.7. The van der Waals surface area contributed by atoms with Gasteiger partial charge in [0.15, 0.2) is 0 Å². The molecule has 0 saturated heterocycles. The lowest BCUT2D eigenvalue weighted by molar-refractivity contribution is -0.121. The molecule has 7 heteroatoms. The number of fused-ring (bicyclic) bond motifs is 1. The van der Waals surface area contributed by atoms with Crippen LogP contribution in [-0.4, -0.2) is 40.1 Å². The van der Waals surface area contributed by atoms with Crippen molar-refractivity contribution < 1.29 is 19.1 Å². The van der Waals surface area contributed by atoms with E-state index < -0.39 is 11.9 Å². The number of urea groups is 1. The Labute approximate surface area is 159 Å². The van der Waals surface area contributed by atoms with Crippen molar-refractivity contribution in [2.45, 2.75) is 70.7 Å². The first kappa shape index (κ1) is 19.6. The smallest absolute Gasteiger partial charge is 0.318 e. The number of aliphatic hydroxyl groups is 1. The number of amides is 3. The number of hydrogen-bond donors (Lipinski definition) is 3. The van der Waals surface area contributed by atoms with Crippen LogP contribution in [0.4, 0.5) is 14.9 Å². The molecule has 1 aliphatic heterocycles. The lowest BCUT2D eigenvalue weighted by Gasteiger charge is -2.35. The highest BCUT2D eigenvalue weighted by molar-refractivity contribution is 5.98. The van der Waals surface area contributed by atoms with Crippen LogP contribution in [0.1, 0.15) is 51.5 Å². The van der Waals surface area contributed by atoms with Crippen molar-refractivity contribution in [2.75, 3.05) is 5.32 Å². The highest BCUT2D eigenvalue weighted by Crippen LogP contribution is 2.28. The molecule has 1 aromatic carbocycles. The quantitative estimate of drug-likeness (QED) is 0.757. The number of anilines is 1. The number of halogens is 1. The first-order chi connectivity index (χ1) is 12.9. The summed E-state index contributed by atoms with van der Waals surface area (Å²) >= 11 is 0. The first-order valence-corrected chi connectivity index (χ1v) is 9.73. The van der Waals surface area contributed by atoms with Crippen molar-refractivity contribution in [2.24, 2.45) is 5.92 Å². The van der Waals surface area contributed by atoms with Crippen LogP contribution in [0.15, 0.2) is 18.2 Å². The summed E-state index contributed by atoms with van der Waals surface area (Å²) in [6.45, 7) is 4.09. The van der Waals surface area contributed by atoms with E-state index in [1.165, 1.54) is 17.0 Å². The average molecular weight is 377 g/mol. The van der Waals surface area contributed by atoms with E-state index in [2.05, 4.69) is 10.6 Å². The number of carbonyl (C=O) groups is 2. The Bertz CT molecular complexity index is 704. The summed E-state index contributed by atoms with van der Waals surface area (Å²) in [6, 6.07) is 3.26. The zero-order valence-corrected chi connectivity index (χ0v) is 15.9. The van der Waals surface area contributed by atoms with Crippen molar-refractivity contribution in [3.63, 3.8) is 0 Å². The average Bonchev–Trinajstić information content (AvgIpc) is 2.78. The van der Waals surface area contributed by atoms with E-state index in [-0.39, 0.29) is 36.5 Å². The molecule has 0 radical (unpaired) electrons. The second kappa shape index (κ2) is 8.25. The Kier molecular flexibility index (Phi) is 5.99. The van der Waals surface area contributed by atoms with Gasteiger partial charge in [-0.05, 0) is 55.4 Å². The van der Waals surface area contributed by atoms with E-state index >= 15 is 0 Å². The van der Waals surface area contributed by atoms with Gasteiger partial charge in [0.1, 0.15) is 11.9 Å². The second-order valence-corrected chi connectivity index (χ2v) is 7.70. The van der Waals surface area contributed by atoms with Crippen molar-refractivity contribution in [3.05, 3.63) is 29.6 Å². The van der Waals surface area contributed by atoms with Gasteiger partial charge in [0.05, 0.1) is 12.6 Å². The fraction of sp³-hybridized carbons (Fsp3) is 0.600. The summed E-state index contributed by atoms with van der Waals surface area (Å²) in [4.78, 5) is 27.4. The number of carbonyl (C=O) groups excluding carboxylic acids is 2. The van der Waals surface area contributed by atoms with E-state index in [9.17, 15) is 19.1 Å². The molecule has 0 spiro atoms. The van der Waals surface area contributed by atoms with Crippen molar-refractivity contribution >= 4 is 17.6 Å². The van der Waals surface area contributed by atoms with Gasteiger partial charge >= 0.3 is 6.03 Å². The minimum Gasteiger partial charge on any atom is -0.393 e. The summed E-state index contributed by atoms with van der Waals surface area (Å²) in [5.74, 6) is -0.682. The molecule has 3 N–H and O–H groups in total. The Morgan fingerprint density at radius 2 is 2.07 bits per heavy atom. The number of nitrogens with one attached hydrogen (secondary N) is 2. The predicted molar refractivity (Wildman–Crippen MR) is 101 cm³/mol. The van der Waals surface area contributed by atoms with Crippen LogP contribution in [0.5, 0.6) is 0 Å². The Hall–Kier alpha value is -2.15. The van der Waals surface area contributed by atoms with Crippen molar-refractivity contribution in [1.82, 2.24) is 10.2 Å². The molecular weight excluding hydrogens is 349 g/mol. The van der Waals surface area contributed by atoms with Crippen molar-refractivity contribution in [1.29, 1.82) is 0 Å². The zero-order chi connectivity index (χ0) is 19.6. The molecule has 1 aromatic rings. The molecule has 0 unspecified atom stereocenters. The standard InChI is InChI=1S/C20H28FN3O3/c1-3-12(2)18-19(26)23-17-9-4-14(21)10-13(17)11-24(18)20(27)22-15-5-7-16(25)8-6-15/h4,9-10,12,15-16,18,25H,3,5-8,11H2,1-2H3,(H,22,27)(H,23,26)/t12-,15?,16?,18-/m0/s1. The highest BCUT2D eigenvalue weighted by Gasteiger charge is 2.37. The number of hydrogen-bond acceptors (Lipinski definition) is 3. The van der Waals surface area contributed by atoms with Crippen LogP contribution in [0.2, 0.25) is 0 Å². The maximum atomic E-state index is 13.7. The van der Waals surface area contributed by atoms with Gasteiger partial charge in [-0.25, -0.2) is 9.18 Å². The van der Waals surface area contributed by atoms with Gasteiger partial charge in [-0.2, -0.15) is 0 Å². The molecule has 2 atom stereocenters. The summed E-state index contributed by atoms with van der Waals surface area (Å²) in [5, 5.41) is 15.5. The lowest BCUT2D eigenvalue weighted by atomic mass is 9.93. The van der Waals surface area contributed by atoms with Gasteiger partial charge in [0, 0.05) is 11.7 Å². The molecule has 2 aliphatic rings. The highest BCUT2D eigenvalue weighted by atomic mass is 19.1. The molecular formula is C20H28FN3O3. The molecule has 1 aliphatic carbocycles. The molecule has 6 nitrogen and oxygen atoms in total. The van der Waals surface area contributed by atoms with Gasteiger partial charge in [-0.3, -0.25) is 4.79 Å². The molecule has 3 amide bonds. The summed E-state index contributed by atoms with van der Waals surface area (Å²) in [5.41, 5.74) is 1.13. The fourth-order valence-electron chi connectivity index (χ4n) is 3.91. The molecule has 148 valence electrons. The van der Waals surface area contributed by atoms with E-state index in [0.29, 0.717) is 36.9 Å². The topological polar surface area (TPSA) is 81.7 Å². The van der Waals surface area contributed by atoms with Crippen LogP contribution in [0.25, 0.3) is 0 Å². The van der Waals surface area contributed by atoms with E-state index in [4.69, 9.17) is 0 Å². The van der Waals surface area contributed by atoms with E-state index in [0.717, 1.165) is 6.42 Å². The third-order valence-corrected chi connectivity index (χ3v) is 5.74. The molecule has 1 saturated carbocycles. The molecule has 3 rings (SSSR count). The number of benzene rings is 1. The van der Waals surface area contributed by atoms with Gasteiger partial charge < -0.3 is 20.6 Å². The van der Waals surface area contributed by atoms with Crippen LogP contribution >= 0.6 is 0 Å². The minimum absolute atomic E-state index is 0.0169. The monoisotopic (exact) mass is 377 g/mol. The molecule has 0 bridgehead atoms. The van der Waals surface area contributed by atoms with Gasteiger partial charge in [-0.1, -0.05) is 20.3 Å². The Morgan fingerprint density at radius 1 is 1.37 bits per heavy atom. The maximum absolute atomic E-state index is 13.7. The van der Waals surface area contributed by atoms with Crippen LogP contribution < -0.4 is 10.6 Å². The Balaban J connectivity index is 1.85. The Morgan fingerprint density at radius 3 is 2.74 bits per heavy atom. The van der Waals surface area contributed by atoms with Gasteiger partial charge in [-0.15, -0.1) is 0 Å². The second-order valence-electron chi connectivity index (χ2n) is 7.70. The largest absolute Gasteiger partial charge is 0.393 e. The van der Waals surface area contributed by atoms with Crippen LogP contribution in [0.3, 0.4) is 0 Å². The fourth-order valence-corrected chi connectivity index (χ4v) is 3.91. The third kappa shape index (κ3) is 4.40. The van der Waals surface area contributed by atoms with E-state index in [1.807, 2.05) is 13.8 Å². The van der Waals surface area contributed by atoms with Gasteiger partial charge in [0.2, 0.25) is 5.91 Å². The number of nitrogens with zero attached hydrogens (tertiary/aromatic N) is 1. The first-order valence-electron chi connectivity index (χ1n) is 9.73. The third-order valence-electron chi connectivity index (χ3n) is 5.74. The maximum Gasteiger partial charge on any atom is 0.318 e. The van der Waals surface area contributed by atoms with E-state index in [1.54, 1.807) is 6.07 Å². The molecule has 1 fully saturated rings. The zero-order valence-electron chi connectivity index (χ0n) is 15.9. The molecule has 1 heterocycles. The number of aliphatic hydroxyl groups excluding tert-OH is 1. The lowest BCUT2D eigenvalue weighted by Crippen LogP contribution is -2.54. The van der Waals surface area contributed by atoms with Crippen LogP contribution in [0, 0.1) is 11.7 Å².